The average Bonchev–Trinajstić information content (AvgIpc) is 2.58. The van der Waals surface area contributed by atoms with E-state index < -0.39 is 0 Å². The van der Waals surface area contributed by atoms with Crippen molar-refractivity contribution in [2.75, 3.05) is 6.54 Å². The second-order valence-corrected chi connectivity index (χ2v) is 4.75. The molecule has 0 saturated carbocycles. The van der Waals surface area contributed by atoms with Crippen molar-refractivity contribution in [3.63, 3.8) is 0 Å². The fourth-order valence-electron chi connectivity index (χ4n) is 1.24. The van der Waals surface area contributed by atoms with E-state index in [1.54, 1.807) is 0 Å². The third-order valence-corrected chi connectivity index (χ3v) is 3.26. The Morgan fingerprint density at radius 1 is 1.64 bits per heavy atom. The average molecular weight is 260 g/mol. The van der Waals surface area contributed by atoms with Gasteiger partial charge in [-0.25, -0.2) is 0 Å². The molecule has 0 radical (unpaired) electrons. The van der Waals surface area contributed by atoms with Crippen LogP contribution in [-0.4, -0.2) is 21.2 Å². The van der Waals surface area contributed by atoms with Crippen molar-refractivity contribution >= 4 is 15.9 Å². The first-order valence-electron chi connectivity index (χ1n) is 5.05. The number of hydrogen-bond acceptors (Lipinski definition) is 2. The van der Waals surface area contributed by atoms with E-state index in [2.05, 4.69) is 33.3 Å². The molecule has 4 heteroatoms. The van der Waals surface area contributed by atoms with E-state index in [1.807, 2.05) is 24.0 Å². The first kappa shape index (κ1) is 11.7. The second-order valence-electron chi connectivity index (χ2n) is 3.45. The van der Waals surface area contributed by atoms with Gasteiger partial charge < -0.3 is 5.32 Å². The summed E-state index contributed by atoms with van der Waals surface area (Å²) in [6.45, 7) is 4.10. The van der Waals surface area contributed by atoms with Gasteiger partial charge in [-0.3, -0.25) is 4.68 Å². The van der Waals surface area contributed by atoms with Gasteiger partial charge in [0.2, 0.25) is 0 Å². The number of nitrogens with zero attached hydrogens (tertiary/aromatic N) is 2. The maximum Gasteiger partial charge on any atom is 0.0762 e. The lowest BCUT2D eigenvalue weighted by atomic mass is 10.2. The fourth-order valence-corrected chi connectivity index (χ4v) is 1.47. The van der Waals surface area contributed by atoms with Crippen LogP contribution in [-0.2, 0) is 13.6 Å². The topological polar surface area (TPSA) is 29.9 Å². The highest BCUT2D eigenvalue weighted by Crippen LogP contribution is 2.07. The van der Waals surface area contributed by atoms with Gasteiger partial charge in [-0.1, -0.05) is 22.9 Å². The van der Waals surface area contributed by atoms with Gasteiger partial charge in [0.25, 0.3) is 0 Å². The van der Waals surface area contributed by atoms with Crippen LogP contribution in [0.5, 0.6) is 0 Å². The maximum atomic E-state index is 4.29. The lowest BCUT2D eigenvalue weighted by Crippen LogP contribution is -2.18. The van der Waals surface area contributed by atoms with Crippen LogP contribution in [0.3, 0.4) is 0 Å². The van der Waals surface area contributed by atoms with Crippen LogP contribution in [0.25, 0.3) is 0 Å². The quantitative estimate of drug-likeness (QED) is 0.627. The monoisotopic (exact) mass is 259 g/mol. The molecule has 1 heterocycles. The molecule has 80 valence electrons. The van der Waals surface area contributed by atoms with Gasteiger partial charge in [0.1, 0.15) is 0 Å². The van der Waals surface area contributed by atoms with Crippen molar-refractivity contribution in [2.24, 2.45) is 7.05 Å². The number of aryl methyl sites for hydroxylation is 1. The predicted octanol–water partition coefficient (Wildman–Crippen LogP) is 2.07. The number of halogens is 1. The second kappa shape index (κ2) is 6.19. The van der Waals surface area contributed by atoms with Gasteiger partial charge in [-0.05, 0) is 25.5 Å². The summed E-state index contributed by atoms with van der Waals surface area (Å²) >= 11 is 3.61. The minimum atomic E-state index is 0.638. The Kier molecular flexibility index (Phi) is 5.19. The standard InChI is InChI=1S/C10H18BrN3/c1-3-9(11)4-6-12-8-10-5-7-14(2)13-10/h5,7,9,12H,3-4,6,8H2,1-2H3. The van der Waals surface area contributed by atoms with Crippen molar-refractivity contribution in [3.8, 4) is 0 Å². The Morgan fingerprint density at radius 3 is 3.00 bits per heavy atom. The number of rotatable bonds is 6. The Hall–Kier alpha value is -0.350. The van der Waals surface area contributed by atoms with Crippen LogP contribution in [0.2, 0.25) is 0 Å². The molecule has 1 atom stereocenters. The van der Waals surface area contributed by atoms with Crippen LogP contribution < -0.4 is 5.32 Å². The van der Waals surface area contributed by atoms with E-state index in [9.17, 15) is 0 Å². The molecule has 1 unspecified atom stereocenters. The first-order valence-corrected chi connectivity index (χ1v) is 5.97. The molecule has 0 saturated heterocycles. The van der Waals surface area contributed by atoms with E-state index in [4.69, 9.17) is 0 Å². The molecular formula is C10H18BrN3. The van der Waals surface area contributed by atoms with Crippen LogP contribution in [0.4, 0.5) is 0 Å². The summed E-state index contributed by atoms with van der Waals surface area (Å²) in [5.41, 5.74) is 1.11. The molecule has 1 rings (SSSR count). The first-order chi connectivity index (χ1) is 6.72. The Morgan fingerprint density at radius 2 is 2.43 bits per heavy atom. The third-order valence-electron chi connectivity index (χ3n) is 2.15. The number of aromatic nitrogens is 2. The van der Waals surface area contributed by atoms with Gasteiger partial charge in [0.15, 0.2) is 0 Å². The summed E-state index contributed by atoms with van der Waals surface area (Å²) in [6, 6.07) is 2.04. The summed E-state index contributed by atoms with van der Waals surface area (Å²) in [5, 5.41) is 7.66. The van der Waals surface area contributed by atoms with Gasteiger partial charge in [0.05, 0.1) is 5.69 Å². The van der Waals surface area contributed by atoms with Crippen molar-refractivity contribution < 1.29 is 0 Å². The molecule has 0 aliphatic heterocycles. The molecule has 0 aromatic carbocycles. The van der Waals surface area contributed by atoms with Crippen LogP contribution >= 0.6 is 15.9 Å². The zero-order valence-corrected chi connectivity index (χ0v) is 10.4. The van der Waals surface area contributed by atoms with Crippen LogP contribution in [0.15, 0.2) is 12.3 Å². The molecule has 0 aliphatic carbocycles. The molecular weight excluding hydrogens is 242 g/mol. The zero-order valence-electron chi connectivity index (χ0n) is 8.83. The number of nitrogens with one attached hydrogen (secondary N) is 1. The van der Waals surface area contributed by atoms with E-state index >= 15 is 0 Å². The number of alkyl halides is 1. The molecule has 0 amide bonds. The fraction of sp³-hybridized carbons (Fsp3) is 0.700. The van der Waals surface area contributed by atoms with Crippen molar-refractivity contribution in [2.45, 2.75) is 31.1 Å². The third kappa shape index (κ3) is 4.24. The van der Waals surface area contributed by atoms with Gasteiger partial charge in [-0.15, -0.1) is 0 Å². The van der Waals surface area contributed by atoms with Gasteiger partial charge in [0, 0.05) is 24.6 Å². The van der Waals surface area contributed by atoms with Crippen molar-refractivity contribution in [1.29, 1.82) is 0 Å². The maximum absolute atomic E-state index is 4.29. The largest absolute Gasteiger partial charge is 0.311 e. The Labute approximate surface area is 94.0 Å². The highest BCUT2D eigenvalue weighted by Gasteiger charge is 2.00. The molecule has 1 aromatic heterocycles. The molecule has 0 aliphatic rings. The van der Waals surface area contributed by atoms with E-state index in [0.717, 1.165) is 18.8 Å². The van der Waals surface area contributed by atoms with E-state index in [1.165, 1.54) is 12.8 Å². The lowest BCUT2D eigenvalue weighted by Gasteiger charge is -2.06. The van der Waals surface area contributed by atoms with E-state index in [-0.39, 0.29) is 0 Å². The summed E-state index contributed by atoms with van der Waals surface area (Å²) in [5.74, 6) is 0. The molecule has 14 heavy (non-hydrogen) atoms. The Bertz CT molecular complexity index is 260. The highest BCUT2D eigenvalue weighted by molar-refractivity contribution is 9.09. The molecule has 1 aromatic rings. The lowest BCUT2D eigenvalue weighted by molar-refractivity contribution is 0.614. The minimum absolute atomic E-state index is 0.638. The summed E-state index contributed by atoms with van der Waals surface area (Å²) in [7, 11) is 1.94. The number of hydrogen-bond donors (Lipinski definition) is 1. The van der Waals surface area contributed by atoms with Crippen molar-refractivity contribution in [3.05, 3.63) is 18.0 Å². The van der Waals surface area contributed by atoms with Crippen LogP contribution in [0, 0.1) is 0 Å². The molecule has 3 nitrogen and oxygen atoms in total. The van der Waals surface area contributed by atoms with E-state index in [0.29, 0.717) is 4.83 Å². The predicted molar refractivity (Wildman–Crippen MR) is 62.5 cm³/mol. The molecule has 0 bridgehead atoms. The Balaban J connectivity index is 2.10. The SMILES string of the molecule is CCC(Br)CCNCc1ccn(C)n1. The zero-order chi connectivity index (χ0) is 10.4. The summed E-state index contributed by atoms with van der Waals surface area (Å²) in [6.07, 6.45) is 4.32. The van der Waals surface area contributed by atoms with Crippen molar-refractivity contribution in [1.82, 2.24) is 15.1 Å². The molecule has 1 N–H and O–H groups in total. The van der Waals surface area contributed by atoms with Gasteiger partial charge in [-0.2, -0.15) is 5.10 Å². The molecule has 0 fully saturated rings. The summed E-state index contributed by atoms with van der Waals surface area (Å²) in [4.78, 5) is 0.638. The van der Waals surface area contributed by atoms with Crippen LogP contribution in [0.1, 0.15) is 25.5 Å². The summed E-state index contributed by atoms with van der Waals surface area (Å²) < 4.78 is 1.83. The highest BCUT2D eigenvalue weighted by atomic mass is 79.9. The smallest absolute Gasteiger partial charge is 0.0762 e. The molecule has 0 spiro atoms. The minimum Gasteiger partial charge on any atom is -0.311 e. The normalized spacial score (nSPS) is 13.1. The van der Waals surface area contributed by atoms with Gasteiger partial charge >= 0.3 is 0 Å².